The highest BCUT2D eigenvalue weighted by Crippen LogP contribution is 2.47. The average Bonchev–Trinajstić information content (AvgIpc) is 2.99. The molecule has 3 nitrogen and oxygen atoms in total. The van der Waals surface area contributed by atoms with Crippen molar-refractivity contribution in [2.45, 2.75) is 58.0 Å². The number of fused-ring (bicyclic) bond motifs is 2. The van der Waals surface area contributed by atoms with Crippen molar-refractivity contribution in [1.29, 1.82) is 0 Å². The highest BCUT2D eigenvalue weighted by Gasteiger charge is 2.47. The van der Waals surface area contributed by atoms with E-state index in [4.69, 9.17) is 9.47 Å². The number of aryl methyl sites for hydroxylation is 1. The molecule has 2 aromatic carbocycles. The second-order valence-electron chi connectivity index (χ2n) is 7.85. The molecule has 2 aliphatic heterocycles. The Hall–Kier alpha value is -1.68. The monoisotopic (exact) mass is 352 g/mol. The summed E-state index contributed by atoms with van der Waals surface area (Å²) >= 11 is 0. The third-order valence-corrected chi connectivity index (χ3v) is 5.73. The number of aliphatic hydroxyl groups is 1. The standard InChI is InChI=1S/C23H28O3/c1-3-17-4-6-18(7-5-17)11-19-8-9-20-15-25-23(22(20)12-19)13-16(2)10-21(14-24)26-23/h4-9,12,16,21,24H,3,10-11,13-15H2,1-2H3/t16?,21?,23-/m1/s1. The van der Waals surface area contributed by atoms with Crippen LogP contribution in [0.15, 0.2) is 42.5 Å². The van der Waals surface area contributed by atoms with Crippen LogP contribution < -0.4 is 0 Å². The van der Waals surface area contributed by atoms with Gasteiger partial charge < -0.3 is 14.6 Å². The third-order valence-electron chi connectivity index (χ3n) is 5.73. The largest absolute Gasteiger partial charge is 0.394 e. The molecule has 2 aromatic rings. The van der Waals surface area contributed by atoms with Gasteiger partial charge in [-0.25, -0.2) is 0 Å². The molecule has 26 heavy (non-hydrogen) atoms. The van der Waals surface area contributed by atoms with Gasteiger partial charge >= 0.3 is 0 Å². The van der Waals surface area contributed by atoms with Crippen molar-refractivity contribution in [3.05, 3.63) is 70.3 Å². The van der Waals surface area contributed by atoms with E-state index in [-0.39, 0.29) is 12.7 Å². The summed E-state index contributed by atoms with van der Waals surface area (Å²) in [5, 5.41) is 9.61. The van der Waals surface area contributed by atoms with E-state index >= 15 is 0 Å². The van der Waals surface area contributed by atoms with Crippen LogP contribution in [0.4, 0.5) is 0 Å². The first kappa shape index (κ1) is 17.7. The number of ether oxygens (including phenoxy) is 2. The van der Waals surface area contributed by atoms with E-state index in [0.29, 0.717) is 12.5 Å². The van der Waals surface area contributed by atoms with Gasteiger partial charge in [0.15, 0.2) is 5.79 Å². The van der Waals surface area contributed by atoms with Crippen LogP contribution in [0.25, 0.3) is 0 Å². The van der Waals surface area contributed by atoms with Gasteiger partial charge in [-0.3, -0.25) is 0 Å². The van der Waals surface area contributed by atoms with Gasteiger partial charge in [0.05, 0.1) is 19.3 Å². The molecule has 138 valence electrons. The van der Waals surface area contributed by atoms with Gasteiger partial charge in [0.1, 0.15) is 0 Å². The number of aliphatic hydroxyl groups excluding tert-OH is 1. The minimum Gasteiger partial charge on any atom is -0.394 e. The van der Waals surface area contributed by atoms with E-state index < -0.39 is 5.79 Å². The molecule has 0 saturated carbocycles. The smallest absolute Gasteiger partial charge is 0.196 e. The Morgan fingerprint density at radius 3 is 2.54 bits per heavy atom. The normalized spacial score (nSPS) is 27.7. The minimum absolute atomic E-state index is 0.0499. The van der Waals surface area contributed by atoms with Crippen LogP contribution in [0.2, 0.25) is 0 Å². The average molecular weight is 352 g/mol. The van der Waals surface area contributed by atoms with Gasteiger partial charge in [-0.05, 0) is 53.5 Å². The summed E-state index contributed by atoms with van der Waals surface area (Å²) in [6, 6.07) is 15.5. The molecule has 2 unspecified atom stereocenters. The van der Waals surface area contributed by atoms with Crippen LogP contribution in [0.1, 0.15) is 54.5 Å². The van der Waals surface area contributed by atoms with E-state index in [1.54, 1.807) is 0 Å². The molecule has 2 aliphatic rings. The van der Waals surface area contributed by atoms with Crippen LogP contribution in [0, 0.1) is 5.92 Å². The van der Waals surface area contributed by atoms with Crippen molar-refractivity contribution < 1.29 is 14.6 Å². The zero-order valence-corrected chi connectivity index (χ0v) is 15.7. The fourth-order valence-electron chi connectivity index (χ4n) is 4.35. The van der Waals surface area contributed by atoms with Gasteiger partial charge in [0.2, 0.25) is 0 Å². The van der Waals surface area contributed by atoms with Gasteiger partial charge in [0.25, 0.3) is 0 Å². The van der Waals surface area contributed by atoms with Crippen molar-refractivity contribution in [2.24, 2.45) is 5.92 Å². The highest BCUT2D eigenvalue weighted by atomic mass is 16.7. The summed E-state index contributed by atoms with van der Waals surface area (Å²) in [5.41, 5.74) is 6.34. The van der Waals surface area contributed by atoms with Crippen molar-refractivity contribution in [3.63, 3.8) is 0 Å². The first-order valence-corrected chi connectivity index (χ1v) is 9.74. The summed E-state index contributed by atoms with van der Waals surface area (Å²) in [5.74, 6) is -0.209. The van der Waals surface area contributed by atoms with Crippen molar-refractivity contribution >= 4 is 0 Å². The zero-order chi connectivity index (χ0) is 18.1. The quantitative estimate of drug-likeness (QED) is 0.890. The number of rotatable bonds is 4. The van der Waals surface area contributed by atoms with Crippen LogP contribution in [-0.2, 0) is 34.7 Å². The SMILES string of the molecule is CCc1ccc(Cc2ccc3c(c2)[C@]2(CC(C)CC(CO)O2)OC3)cc1. The Labute approximate surface area is 156 Å². The maximum absolute atomic E-state index is 9.61. The van der Waals surface area contributed by atoms with E-state index in [1.165, 1.54) is 22.3 Å². The molecular weight excluding hydrogens is 324 g/mol. The van der Waals surface area contributed by atoms with Crippen LogP contribution >= 0.6 is 0 Å². The Bertz CT molecular complexity index is 768. The maximum Gasteiger partial charge on any atom is 0.196 e. The fraction of sp³-hybridized carbons (Fsp3) is 0.478. The highest BCUT2D eigenvalue weighted by molar-refractivity contribution is 5.40. The molecule has 0 aliphatic carbocycles. The van der Waals surface area contributed by atoms with Gasteiger partial charge in [0, 0.05) is 12.0 Å². The molecule has 0 radical (unpaired) electrons. The number of benzene rings is 2. The molecular formula is C23H28O3. The second-order valence-corrected chi connectivity index (χ2v) is 7.85. The number of hydrogen-bond acceptors (Lipinski definition) is 3. The van der Waals surface area contributed by atoms with Crippen molar-refractivity contribution in [1.82, 2.24) is 0 Å². The first-order valence-electron chi connectivity index (χ1n) is 9.74. The predicted molar refractivity (Wildman–Crippen MR) is 102 cm³/mol. The van der Waals surface area contributed by atoms with Gasteiger partial charge in [-0.2, -0.15) is 0 Å². The topological polar surface area (TPSA) is 38.7 Å². The second kappa shape index (κ2) is 7.15. The van der Waals surface area contributed by atoms with Gasteiger partial charge in [-0.15, -0.1) is 0 Å². The Morgan fingerprint density at radius 2 is 1.81 bits per heavy atom. The minimum atomic E-state index is -0.678. The van der Waals surface area contributed by atoms with E-state index in [2.05, 4.69) is 56.3 Å². The van der Waals surface area contributed by atoms with Crippen molar-refractivity contribution in [2.75, 3.05) is 6.61 Å². The lowest BCUT2D eigenvalue weighted by Crippen LogP contribution is -2.42. The molecule has 1 fully saturated rings. The predicted octanol–water partition coefficient (Wildman–Crippen LogP) is 4.33. The van der Waals surface area contributed by atoms with Crippen LogP contribution in [0.5, 0.6) is 0 Å². The molecule has 0 aromatic heterocycles. The lowest BCUT2D eigenvalue weighted by atomic mass is 9.86. The van der Waals surface area contributed by atoms with E-state index in [1.807, 2.05) is 0 Å². The van der Waals surface area contributed by atoms with Crippen LogP contribution in [-0.4, -0.2) is 17.8 Å². The molecule has 3 heteroatoms. The molecule has 1 saturated heterocycles. The molecule has 0 amide bonds. The molecule has 4 rings (SSSR count). The Morgan fingerprint density at radius 1 is 1.08 bits per heavy atom. The fourth-order valence-corrected chi connectivity index (χ4v) is 4.35. The van der Waals surface area contributed by atoms with Gasteiger partial charge in [-0.1, -0.05) is 50.2 Å². The lowest BCUT2D eigenvalue weighted by Gasteiger charge is -2.40. The van der Waals surface area contributed by atoms with E-state index in [9.17, 15) is 5.11 Å². The summed E-state index contributed by atoms with van der Waals surface area (Å²) < 4.78 is 12.4. The molecule has 1 spiro atoms. The van der Waals surface area contributed by atoms with E-state index in [0.717, 1.165) is 31.2 Å². The Kier molecular flexibility index (Phi) is 4.87. The third kappa shape index (κ3) is 3.32. The maximum atomic E-state index is 9.61. The Balaban J connectivity index is 1.61. The molecule has 2 heterocycles. The summed E-state index contributed by atoms with van der Waals surface area (Å²) in [4.78, 5) is 0. The summed E-state index contributed by atoms with van der Waals surface area (Å²) in [7, 11) is 0. The molecule has 0 bridgehead atoms. The lowest BCUT2D eigenvalue weighted by molar-refractivity contribution is -0.296. The molecule has 1 N–H and O–H groups in total. The van der Waals surface area contributed by atoms with Crippen LogP contribution in [0.3, 0.4) is 0 Å². The summed E-state index contributed by atoms with van der Waals surface area (Å²) in [6.45, 7) is 5.03. The van der Waals surface area contributed by atoms with Crippen molar-refractivity contribution in [3.8, 4) is 0 Å². The number of hydrogen-bond donors (Lipinski definition) is 1. The summed E-state index contributed by atoms with van der Waals surface area (Å²) in [6.07, 6.45) is 3.58. The zero-order valence-electron chi connectivity index (χ0n) is 15.7. The first-order chi connectivity index (χ1) is 12.6. The molecule has 3 atom stereocenters.